The van der Waals surface area contributed by atoms with Gasteiger partial charge in [0.15, 0.2) is 0 Å². The zero-order valence-electron chi connectivity index (χ0n) is 27.5. The van der Waals surface area contributed by atoms with Gasteiger partial charge in [0.05, 0.1) is 19.6 Å². The van der Waals surface area contributed by atoms with Crippen molar-refractivity contribution in [3.8, 4) is 16.9 Å². The normalized spacial score (nSPS) is 20.4. The lowest BCUT2D eigenvalue weighted by Crippen LogP contribution is -2.51. The summed E-state index contributed by atoms with van der Waals surface area (Å²) in [5, 5.41) is 11.5. The second-order valence-electron chi connectivity index (χ2n) is 13.5. The molecule has 0 bridgehead atoms. The second kappa shape index (κ2) is 13.5. The number of aliphatic carboxylic acids is 1. The number of nitrogens with one attached hydrogen (secondary N) is 1. The summed E-state index contributed by atoms with van der Waals surface area (Å²) in [6.07, 6.45) is 4.14. The minimum absolute atomic E-state index is 0.0613. The Morgan fingerprint density at radius 2 is 1.52 bits per heavy atom. The quantitative estimate of drug-likeness (QED) is 0.247. The zero-order valence-corrected chi connectivity index (χ0v) is 27.5. The van der Waals surface area contributed by atoms with E-state index in [4.69, 9.17) is 14.8 Å². The van der Waals surface area contributed by atoms with Gasteiger partial charge in [-0.25, -0.2) is 0 Å². The van der Waals surface area contributed by atoms with E-state index in [2.05, 4.69) is 33.0 Å². The van der Waals surface area contributed by atoms with Crippen LogP contribution in [-0.4, -0.2) is 52.8 Å². The molecule has 1 atom stereocenters. The molecule has 0 aromatic heterocycles. The van der Waals surface area contributed by atoms with E-state index >= 15 is 0 Å². The highest BCUT2D eigenvalue weighted by Crippen LogP contribution is 2.49. The van der Waals surface area contributed by atoms with Crippen LogP contribution in [0.25, 0.3) is 11.1 Å². The number of carboxylic acids is 1. The molecule has 1 saturated carbocycles. The van der Waals surface area contributed by atoms with Crippen molar-refractivity contribution >= 4 is 23.5 Å². The standard InChI is InChI=1S/C38H45N3O5/c1-6-32(27-9-13-29(14-10-27)35(44)39-24-21-33(42)43)41-36(45)34(40-38(41)22-19-30(20-23-38)37(2,3)4)28-11-7-25(8-12-28)26-15-17-31(46-5)18-16-26/h7-18,30,32H,6,19-24H2,1-5H3,(H,39,44)(H,42,43)/t30?,32-,38?/m1/s1. The van der Waals surface area contributed by atoms with Crippen LogP contribution in [0.3, 0.4) is 0 Å². The molecule has 2 N–H and O–H groups in total. The van der Waals surface area contributed by atoms with Crippen molar-refractivity contribution in [3.63, 3.8) is 0 Å². The van der Waals surface area contributed by atoms with Crippen LogP contribution in [0.1, 0.15) is 93.7 Å². The average Bonchev–Trinajstić information content (AvgIpc) is 3.32. The fourth-order valence-corrected chi connectivity index (χ4v) is 6.94. The van der Waals surface area contributed by atoms with E-state index in [-0.39, 0.29) is 36.2 Å². The second-order valence-corrected chi connectivity index (χ2v) is 13.5. The predicted octanol–water partition coefficient (Wildman–Crippen LogP) is 7.28. The van der Waals surface area contributed by atoms with Crippen LogP contribution >= 0.6 is 0 Å². The molecule has 8 heteroatoms. The number of aliphatic imine (C=N–C) groups is 1. The number of methoxy groups -OCH3 is 1. The van der Waals surface area contributed by atoms with E-state index < -0.39 is 11.6 Å². The number of amides is 2. The Morgan fingerprint density at radius 3 is 2.04 bits per heavy atom. The van der Waals surface area contributed by atoms with E-state index in [1.807, 2.05) is 65.6 Å². The third kappa shape index (κ3) is 6.86. The van der Waals surface area contributed by atoms with E-state index in [1.165, 1.54) is 0 Å². The van der Waals surface area contributed by atoms with E-state index in [0.29, 0.717) is 23.6 Å². The molecule has 1 aliphatic heterocycles. The molecule has 3 aromatic carbocycles. The monoisotopic (exact) mass is 623 g/mol. The fraction of sp³-hybridized carbons (Fsp3) is 0.421. The van der Waals surface area contributed by atoms with Gasteiger partial charge in [-0.3, -0.25) is 19.4 Å². The zero-order chi connectivity index (χ0) is 33.1. The molecule has 2 aliphatic rings. The maximum atomic E-state index is 14.5. The molecule has 46 heavy (non-hydrogen) atoms. The lowest BCUT2D eigenvalue weighted by atomic mass is 9.69. The number of hydrogen-bond acceptors (Lipinski definition) is 5. The van der Waals surface area contributed by atoms with Crippen molar-refractivity contribution in [2.45, 2.75) is 77.9 Å². The number of carboxylic acid groups (broad SMARTS) is 1. The van der Waals surface area contributed by atoms with E-state index in [0.717, 1.165) is 53.7 Å². The van der Waals surface area contributed by atoms with Gasteiger partial charge < -0.3 is 20.1 Å². The van der Waals surface area contributed by atoms with Crippen molar-refractivity contribution in [1.29, 1.82) is 0 Å². The van der Waals surface area contributed by atoms with Crippen molar-refractivity contribution in [1.82, 2.24) is 10.2 Å². The molecule has 0 unspecified atom stereocenters. The summed E-state index contributed by atoms with van der Waals surface area (Å²) in [5.74, 6) is 0.0125. The summed E-state index contributed by atoms with van der Waals surface area (Å²) in [6, 6.07) is 23.1. The van der Waals surface area contributed by atoms with Gasteiger partial charge in [-0.2, -0.15) is 0 Å². The van der Waals surface area contributed by atoms with E-state index in [1.54, 1.807) is 19.2 Å². The molecule has 0 saturated heterocycles. The van der Waals surface area contributed by atoms with Gasteiger partial charge in [-0.05, 0) is 84.4 Å². The third-order valence-corrected chi connectivity index (χ3v) is 9.66. The van der Waals surface area contributed by atoms with Crippen molar-refractivity contribution in [2.24, 2.45) is 16.3 Å². The molecule has 242 valence electrons. The molecular formula is C38H45N3O5. The summed E-state index contributed by atoms with van der Waals surface area (Å²) in [4.78, 5) is 45.2. The van der Waals surface area contributed by atoms with Crippen LogP contribution in [0.2, 0.25) is 0 Å². The molecule has 0 radical (unpaired) electrons. The molecule has 1 fully saturated rings. The lowest BCUT2D eigenvalue weighted by Gasteiger charge is -2.47. The average molecular weight is 624 g/mol. The molecule has 2 amide bonds. The molecule has 8 nitrogen and oxygen atoms in total. The predicted molar refractivity (Wildman–Crippen MR) is 180 cm³/mol. The maximum Gasteiger partial charge on any atom is 0.305 e. The lowest BCUT2D eigenvalue weighted by molar-refractivity contribution is -0.137. The number of benzene rings is 3. The van der Waals surface area contributed by atoms with Crippen molar-refractivity contribution in [2.75, 3.05) is 13.7 Å². The van der Waals surface area contributed by atoms with Crippen LogP contribution in [0.15, 0.2) is 77.8 Å². The first-order valence-electron chi connectivity index (χ1n) is 16.2. The SMILES string of the molecule is CC[C@H](c1ccc(C(=O)NCCC(=O)O)cc1)N1C(=O)C(c2ccc(-c3ccc(OC)cc3)cc2)=NC12CCC(C(C)(C)C)CC2. The van der Waals surface area contributed by atoms with Gasteiger partial charge in [0, 0.05) is 17.7 Å². The van der Waals surface area contributed by atoms with Crippen molar-refractivity contribution in [3.05, 3.63) is 89.5 Å². The Labute approximate surface area is 271 Å². The van der Waals surface area contributed by atoms with Gasteiger partial charge in [0.1, 0.15) is 17.1 Å². The highest BCUT2D eigenvalue weighted by Gasteiger charge is 2.52. The Morgan fingerprint density at radius 1 is 0.957 bits per heavy atom. The first kappa shape index (κ1) is 32.9. The number of carbonyl (C=O) groups is 3. The van der Waals surface area contributed by atoms with Gasteiger partial charge in [0.2, 0.25) is 0 Å². The maximum absolute atomic E-state index is 14.5. The highest BCUT2D eigenvalue weighted by atomic mass is 16.5. The topological polar surface area (TPSA) is 108 Å². The Kier molecular flexibility index (Phi) is 9.66. The van der Waals surface area contributed by atoms with Crippen LogP contribution in [0.5, 0.6) is 5.75 Å². The molecule has 1 spiro atoms. The molecule has 1 aliphatic carbocycles. The summed E-state index contributed by atoms with van der Waals surface area (Å²) in [7, 11) is 1.65. The minimum Gasteiger partial charge on any atom is -0.497 e. The molecular weight excluding hydrogens is 578 g/mol. The number of hydrogen-bond donors (Lipinski definition) is 2. The Balaban J connectivity index is 1.44. The first-order chi connectivity index (χ1) is 22.0. The van der Waals surface area contributed by atoms with Crippen LogP contribution in [0, 0.1) is 11.3 Å². The van der Waals surface area contributed by atoms with Crippen LogP contribution in [-0.2, 0) is 9.59 Å². The van der Waals surface area contributed by atoms with Gasteiger partial charge >= 0.3 is 5.97 Å². The van der Waals surface area contributed by atoms with Crippen LogP contribution in [0.4, 0.5) is 0 Å². The summed E-state index contributed by atoms with van der Waals surface area (Å²) >= 11 is 0. The fourth-order valence-electron chi connectivity index (χ4n) is 6.94. The van der Waals surface area contributed by atoms with Crippen molar-refractivity contribution < 1.29 is 24.2 Å². The number of ether oxygens (including phenoxy) is 1. The number of carbonyl (C=O) groups excluding carboxylic acids is 2. The third-order valence-electron chi connectivity index (χ3n) is 9.66. The molecule has 3 aromatic rings. The first-order valence-corrected chi connectivity index (χ1v) is 16.2. The number of nitrogens with zero attached hydrogens (tertiary/aromatic N) is 2. The Bertz CT molecular complexity index is 1580. The largest absolute Gasteiger partial charge is 0.497 e. The van der Waals surface area contributed by atoms with Crippen LogP contribution < -0.4 is 10.1 Å². The summed E-state index contributed by atoms with van der Waals surface area (Å²) in [6.45, 7) is 9.03. The highest BCUT2D eigenvalue weighted by molar-refractivity contribution is 6.46. The molecule has 5 rings (SSSR count). The Hall–Kier alpha value is -4.46. The number of rotatable bonds is 10. The van der Waals surface area contributed by atoms with Gasteiger partial charge in [-0.15, -0.1) is 0 Å². The molecule has 1 heterocycles. The summed E-state index contributed by atoms with van der Waals surface area (Å²) in [5.41, 5.74) is 4.38. The van der Waals surface area contributed by atoms with Gasteiger partial charge in [-0.1, -0.05) is 76.2 Å². The minimum atomic E-state index is -0.961. The summed E-state index contributed by atoms with van der Waals surface area (Å²) < 4.78 is 5.30. The smallest absolute Gasteiger partial charge is 0.305 e. The van der Waals surface area contributed by atoms with Gasteiger partial charge in [0.25, 0.3) is 11.8 Å². The van der Waals surface area contributed by atoms with E-state index in [9.17, 15) is 14.4 Å².